The number of methoxy groups -OCH3 is 1. The summed E-state index contributed by atoms with van der Waals surface area (Å²) in [5, 5.41) is 16.4. The molecule has 1 saturated heterocycles. The largest absolute Gasteiger partial charge is 0.481 e. The lowest BCUT2D eigenvalue weighted by molar-refractivity contribution is 0.0927. The molecule has 0 aliphatic carbocycles. The molecule has 2 atom stereocenters. The van der Waals surface area contributed by atoms with E-state index in [0.29, 0.717) is 29.5 Å². The van der Waals surface area contributed by atoms with Gasteiger partial charge in [-0.3, -0.25) is 4.79 Å². The van der Waals surface area contributed by atoms with Crippen LogP contribution in [0.3, 0.4) is 0 Å². The zero-order valence-electron chi connectivity index (χ0n) is 16.8. The molecular formula is C20H22ClFN6O3. The summed E-state index contributed by atoms with van der Waals surface area (Å²) in [6, 6.07) is 3.08. The normalized spacial score (nSPS) is 17.2. The third-order valence-corrected chi connectivity index (χ3v) is 5.58. The van der Waals surface area contributed by atoms with Crippen molar-refractivity contribution in [2.45, 2.75) is 25.0 Å². The topological polar surface area (TPSA) is 105 Å². The van der Waals surface area contributed by atoms with Crippen LogP contribution in [0.2, 0.25) is 0 Å². The van der Waals surface area contributed by atoms with Gasteiger partial charge in [0.25, 0.3) is 5.91 Å². The van der Waals surface area contributed by atoms with E-state index in [-0.39, 0.29) is 24.0 Å². The molecule has 1 aliphatic rings. The van der Waals surface area contributed by atoms with Crippen LogP contribution in [0.1, 0.15) is 34.8 Å². The SMILES string of the molecule is COc1ncc(F)cc1[C@H]1CCCN1c1ccn2ncc(C(=O)NCC(O)CCl)c2n1. The number of aliphatic hydroxyl groups is 1. The first-order valence-electron chi connectivity index (χ1n) is 9.84. The van der Waals surface area contributed by atoms with Crippen LogP contribution in [0.5, 0.6) is 5.88 Å². The number of rotatable bonds is 7. The van der Waals surface area contributed by atoms with Crippen molar-refractivity contribution in [3.63, 3.8) is 0 Å². The number of nitrogens with zero attached hydrogens (tertiary/aromatic N) is 5. The minimum Gasteiger partial charge on any atom is -0.481 e. The monoisotopic (exact) mass is 448 g/mol. The van der Waals surface area contributed by atoms with Crippen molar-refractivity contribution in [3.8, 4) is 5.88 Å². The van der Waals surface area contributed by atoms with Crippen molar-refractivity contribution in [2.24, 2.45) is 0 Å². The van der Waals surface area contributed by atoms with Gasteiger partial charge in [-0.2, -0.15) is 5.10 Å². The summed E-state index contributed by atoms with van der Waals surface area (Å²) in [5.41, 5.74) is 1.32. The fraction of sp³-hybridized carbons (Fsp3) is 0.400. The Balaban J connectivity index is 1.65. The first-order valence-corrected chi connectivity index (χ1v) is 10.4. The van der Waals surface area contributed by atoms with Crippen molar-refractivity contribution >= 4 is 29.0 Å². The van der Waals surface area contributed by atoms with Crippen LogP contribution in [-0.2, 0) is 0 Å². The maximum atomic E-state index is 13.9. The van der Waals surface area contributed by atoms with Gasteiger partial charge >= 0.3 is 0 Å². The number of alkyl halides is 1. The smallest absolute Gasteiger partial charge is 0.256 e. The number of aromatic nitrogens is 4. The van der Waals surface area contributed by atoms with Gasteiger partial charge in [0.15, 0.2) is 5.65 Å². The Morgan fingerprint density at radius 1 is 1.48 bits per heavy atom. The van der Waals surface area contributed by atoms with E-state index in [9.17, 15) is 14.3 Å². The Bertz CT molecular complexity index is 1090. The molecule has 2 N–H and O–H groups in total. The number of anilines is 1. The number of hydrogen-bond donors (Lipinski definition) is 2. The van der Waals surface area contributed by atoms with Crippen LogP contribution in [0.4, 0.5) is 10.2 Å². The van der Waals surface area contributed by atoms with Gasteiger partial charge in [0.05, 0.1) is 37.5 Å². The van der Waals surface area contributed by atoms with Crippen LogP contribution >= 0.6 is 11.6 Å². The lowest BCUT2D eigenvalue weighted by atomic mass is 10.1. The van der Waals surface area contributed by atoms with Gasteiger partial charge in [0, 0.05) is 24.8 Å². The van der Waals surface area contributed by atoms with Gasteiger partial charge in [0.2, 0.25) is 5.88 Å². The van der Waals surface area contributed by atoms with E-state index in [4.69, 9.17) is 16.3 Å². The molecular weight excluding hydrogens is 427 g/mol. The van der Waals surface area contributed by atoms with Crippen molar-refractivity contribution in [3.05, 3.63) is 47.7 Å². The van der Waals surface area contributed by atoms with Gasteiger partial charge in [-0.25, -0.2) is 18.9 Å². The second-order valence-electron chi connectivity index (χ2n) is 7.23. The van der Waals surface area contributed by atoms with E-state index in [0.717, 1.165) is 19.0 Å². The highest BCUT2D eigenvalue weighted by Crippen LogP contribution is 2.38. The maximum absolute atomic E-state index is 13.9. The van der Waals surface area contributed by atoms with Crippen molar-refractivity contribution in [1.82, 2.24) is 24.9 Å². The molecule has 164 valence electrons. The minimum atomic E-state index is -0.837. The molecule has 0 radical (unpaired) electrons. The number of fused-ring (bicyclic) bond motifs is 1. The summed E-state index contributed by atoms with van der Waals surface area (Å²) < 4.78 is 20.7. The number of carbonyl (C=O) groups excluding carboxylic acids is 1. The average molecular weight is 449 g/mol. The van der Waals surface area contributed by atoms with Gasteiger partial charge in [-0.05, 0) is 25.0 Å². The third kappa shape index (κ3) is 4.26. The maximum Gasteiger partial charge on any atom is 0.256 e. The van der Waals surface area contributed by atoms with E-state index < -0.39 is 17.8 Å². The Labute approximate surface area is 182 Å². The predicted molar refractivity (Wildman–Crippen MR) is 112 cm³/mol. The number of amides is 1. The average Bonchev–Trinajstić information content (AvgIpc) is 3.43. The van der Waals surface area contributed by atoms with Crippen molar-refractivity contribution < 1.29 is 19.0 Å². The molecule has 4 rings (SSSR count). The van der Waals surface area contributed by atoms with Crippen LogP contribution in [0.25, 0.3) is 5.65 Å². The summed E-state index contributed by atoms with van der Waals surface area (Å²) >= 11 is 5.57. The Kier molecular flexibility index (Phi) is 6.19. The molecule has 11 heteroatoms. The second kappa shape index (κ2) is 9.03. The summed E-state index contributed by atoms with van der Waals surface area (Å²) in [6.07, 6.45) is 5.12. The molecule has 1 aliphatic heterocycles. The summed E-state index contributed by atoms with van der Waals surface area (Å²) in [6.45, 7) is 0.741. The Hall–Kier alpha value is -2.98. The standard InChI is InChI=1S/C20H22ClFN6O3/c1-31-20-14(7-12(22)9-24-20)16-3-2-5-27(16)17-4-6-28-18(26-17)15(11-25-28)19(30)23-10-13(29)8-21/h4,6-7,9,11,13,16,29H,2-3,5,8,10H2,1H3,(H,23,30)/t13?,16-/m1/s1. The van der Waals surface area contributed by atoms with E-state index in [2.05, 4.69) is 20.4 Å². The number of ether oxygens (including phenoxy) is 1. The quantitative estimate of drug-likeness (QED) is 0.532. The first kappa shape index (κ1) is 21.3. The predicted octanol–water partition coefficient (Wildman–Crippen LogP) is 1.94. The van der Waals surface area contributed by atoms with Gasteiger partial charge < -0.3 is 20.1 Å². The van der Waals surface area contributed by atoms with Crippen LogP contribution in [-0.4, -0.2) is 62.8 Å². The lowest BCUT2D eigenvalue weighted by Gasteiger charge is -2.26. The number of nitrogens with one attached hydrogen (secondary N) is 1. The molecule has 1 amide bonds. The molecule has 31 heavy (non-hydrogen) atoms. The summed E-state index contributed by atoms with van der Waals surface area (Å²) in [4.78, 5) is 23.3. The fourth-order valence-electron chi connectivity index (χ4n) is 3.76. The first-order chi connectivity index (χ1) is 15.0. The van der Waals surface area contributed by atoms with Crippen molar-refractivity contribution in [2.75, 3.05) is 31.0 Å². The highest BCUT2D eigenvalue weighted by atomic mass is 35.5. The molecule has 0 bridgehead atoms. The zero-order valence-corrected chi connectivity index (χ0v) is 17.6. The molecule has 3 aromatic heterocycles. The molecule has 1 unspecified atom stereocenters. The number of aliphatic hydroxyl groups excluding tert-OH is 1. The number of halogens is 2. The number of carbonyl (C=O) groups is 1. The Morgan fingerprint density at radius 3 is 3.10 bits per heavy atom. The van der Waals surface area contributed by atoms with E-state index in [1.807, 2.05) is 4.90 Å². The molecule has 0 aromatic carbocycles. The van der Waals surface area contributed by atoms with Crippen LogP contribution in [0, 0.1) is 5.82 Å². The van der Waals surface area contributed by atoms with E-state index >= 15 is 0 Å². The minimum absolute atomic E-state index is 0.0200. The highest BCUT2D eigenvalue weighted by molar-refractivity contribution is 6.18. The van der Waals surface area contributed by atoms with Crippen LogP contribution in [0.15, 0.2) is 30.7 Å². The van der Waals surface area contributed by atoms with Gasteiger partial charge in [-0.1, -0.05) is 0 Å². The van der Waals surface area contributed by atoms with Crippen LogP contribution < -0.4 is 15.0 Å². The van der Waals surface area contributed by atoms with Gasteiger partial charge in [-0.15, -0.1) is 11.6 Å². The summed E-state index contributed by atoms with van der Waals surface area (Å²) in [5.74, 6) is 0.197. The number of pyridine rings is 1. The van der Waals surface area contributed by atoms with Gasteiger partial charge in [0.1, 0.15) is 17.2 Å². The zero-order chi connectivity index (χ0) is 22.0. The highest BCUT2D eigenvalue weighted by Gasteiger charge is 2.31. The molecule has 0 spiro atoms. The molecule has 4 heterocycles. The fourth-order valence-corrected chi connectivity index (χ4v) is 3.86. The second-order valence-corrected chi connectivity index (χ2v) is 7.54. The number of hydrogen-bond acceptors (Lipinski definition) is 7. The summed E-state index contributed by atoms with van der Waals surface area (Å²) in [7, 11) is 1.51. The molecule has 3 aromatic rings. The lowest BCUT2D eigenvalue weighted by Crippen LogP contribution is -2.33. The van der Waals surface area contributed by atoms with E-state index in [1.165, 1.54) is 23.9 Å². The van der Waals surface area contributed by atoms with E-state index in [1.54, 1.807) is 12.3 Å². The Morgan fingerprint density at radius 2 is 2.32 bits per heavy atom. The molecule has 1 fully saturated rings. The molecule has 0 saturated carbocycles. The molecule has 9 nitrogen and oxygen atoms in total. The third-order valence-electron chi connectivity index (χ3n) is 5.22. The van der Waals surface area contributed by atoms with Crippen molar-refractivity contribution in [1.29, 1.82) is 0 Å².